The van der Waals surface area contributed by atoms with Gasteiger partial charge in [-0.2, -0.15) is 0 Å². The molecule has 1 aromatic carbocycles. The summed E-state index contributed by atoms with van der Waals surface area (Å²) < 4.78 is 0. The maximum Gasteiger partial charge on any atom is 0.253 e. The number of nitrogens with zero attached hydrogens (tertiary/aromatic N) is 1. The molecule has 114 valence electrons. The molecule has 3 N–H and O–H groups in total. The standard InChI is InChI=1S/C16H21ClN2O2/c1-19(10-3-2-4-11-20)16(21)14-8-7-13(6-5-9-18)15(17)12-14/h7-8,12,20H,2-4,9-11,18H2,1H3. The summed E-state index contributed by atoms with van der Waals surface area (Å²) >= 11 is 6.12. The Hall–Kier alpha value is -1.54. The molecule has 0 heterocycles. The first kappa shape index (κ1) is 17.5. The van der Waals surface area contributed by atoms with Crippen molar-refractivity contribution in [1.82, 2.24) is 4.90 Å². The monoisotopic (exact) mass is 308 g/mol. The highest BCUT2D eigenvalue weighted by Gasteiger charge is 2.12. The van der Waals surface area contributed by atoms with Crippen LogP contribution in [0.1, 0.15) is 35.2 Å². The second kappa shape index (κ2) is 9.41. The minimum atomic E-state index is -0.0702. The van der Waals surface area contributed by atoms with E-state index in [9.17, 15) is 4.79 Å². The van der Waals surface area contributed by atoms with Crippen LogP contribution in [0.2, 0.25) is 5.02 Å². The maximum atomic E-state index is 12.2. The summed E-state index contributed by atoms with van der Waals surface area (Å²) in [6, 6.07) is 5.09. The molecule has 0 radical (unpaired) electrons. The zero-order valence-corrected chi connectivity index (χ0v) is 13.0. The predicted octanol–water partition coefficient (Wildman–Crippen LogP) is 1.88. The third-order valence-corrected chi connectivity index (χ3v) is 3.35. The van der Waals surface area contributed by atoms with Crippen molar-refractivity contribution in [1.29, 1.82) is 0 Å². The molecule has 0 aliphatic rings. The van der Waals surface area contributed by atoms with Gasteiger partial charge >= 0.3 is 0 Å². The molecule has 1 rings (SSSR count). The smallest absolute Gasteiger partial charge is 0.253 e. The molecule has 1 amide bonds. The molecule has 0 aliphatic heterocycles. The SMILES string of the molecule is CN(CCCCCO)C(=O)c1ccc(C#CCN)c(Cl)c1. The molecular formula is C16H21ClN2O2. The van der Waals surface area contributed by atoms with E-state index in [1.165, 1.54) is 0 Å². The lowest BCUT2D eigenvalue weighted by atomic mass is 10.1. The van der Waals surface area contributed by atoms with Gasteiger partial charge in [0.25, 0.3) is 5.91 Å². The molecule has 5 heteroatoms. The Morgan fingerprint density at radius 2 is 2.14 bits per heavy atom. The van der Waals surface area contributed by atoms with Crippen molar-refractivity contribution in [2.24, 2.45) is 5.73 Å². The first-order valence-corrected chi connectivity index (χ1v) is 7.32. The lowest BCUT2D eigenvalue weighted by molar-refractivity contribution is 0.0792. The fourth-order valence-electron chi connectivity index (χ4n) is 1.86. The molecule has 4 nitrogen and oxygen atoms in total. The summed E-state index contributed by atoms with van der Waals surface area (Å²) in [6.07, 6.45) is 2.54. The first-order chi connectivity index (χ1) is 10.1. The largest absolute Gasteiger partial charge is 0.396 e. The number of rotatable bonds is 6. The van der Waals surface area contributed by atoms with Gasteiger partial charge in [-0.3, -0.25) is 4.79 Å². The number of hydrogen-bond acceptors (Lipinski definition) is 3. The van der Waals surface area contributed by atoms with Gasteiger partial charge in [-0.25, -0.2) is 0 Å². The van der Waals surface area contributed by atoms with Crippen molar-refractivity contribution in [3.8, 4) is 11.8 Å². The van der Waals surface area contributed by atoms with Crippen LogP contribution in [0.15, 0.2) is 18.2 Å². The highest BCUT2D eigenvalue weighted by molar-refractivity contribution is 6.32. The topological polar surface area (TPSA) is 66.6 Å². The van der Waals surface area contributed by atoms with Crippen LogP contribution < -0.4 is 5.73 Å². The van der Waals surface area contributed by atoms with Crippen LogP contribution in [0.3, 0.4) is 0 Å². The van der Waals surface area contributed by atoms with Gasteiger partial charge in [0, 0.05) is 31.3 Å². The number of aliphatic hydroxyl groups excluding tert-OH is 1. The lowest BCUT2D eigenvalue weighted by Gasteiger charge is -2.17. The molecule has 0 atom stereocenters. The van der Waals surface area contributed by atoms with E-state index < -0.39 is 0 Å². The number of unbranched alkanes of at least 4 members (excludes halogenated alkanes) is 2. The van der Waals surface area contributed by atoms with Crippen molar-refractivity contribution in [3.63, 3.8) is 0 Å². The zero-order valence-electron chi connectivity index (χ0n) is 12.2. The van der Waals surface area contributed by atoms with Crippen molar-refractivity contribution < 1.29 is 9.90 Å². The van der Waals surface area contributed by atoms with Crippen molar-refractivity contribution in [2.75, 3.05) is 26.7 Å². The van der Waals surface area contributed by atoms with E-state index in [2.05, 4.69) is 11.8 Å². The summed E-state index contributed by atoms with van der Waals surface area (Å²) in [6.45, 7) is 1.12. The van der Waals surface area contributed by atoms with Crippen LogP contribution in [0.25, 0.3) is 0 Å². The second-order valence-electron chi connectivity index (χ2n) is 4.71. The quantitative estimate of drug-likeness (QED) is 0.623. The predicted molar refractivity (Wildman–Crippen MR) is 85.3 cm³/mol. The van der Waals surface area contributed by atoms with Gasteiger partial charge in [0.15, 0.2) is 0 Å². The molecule has 0 saturated carbocycles. The average Bonchev–Trinajstić information content (AvgIpc) is 2.49. The fraction of sp³-hybridized carbons (Fsp3) is 0.438. The number of benzene rings is 1. The van der Waals surface area contributed by atoms with Crippen LogP contribution in [0, 0.1) is 11.8 Å². The van der Waals surface area contributed by atoms with E-state index in [4.69, 9.17) is 22.4 Å². The van der Waals surface area contributed by atoms with Crippen molar-refractivity contribution in [3.05, 3.63) is 34.3 Å². The third-order valence-electron chi connectivity index (χ3n) is 3.04. The molecule has 0 aromatic heterocycles. The Morgan fingerprint density at radius 3 is 2.76 bits per heavy atom. The minimum Gasteiger partial charge on any atom is -0.396 e. The Balaban J connectivity index is 2.67. The van der Waals surface area contributed by atoms with Crippen LogP contribution in [0.4, 0.5) is 0 Å². The Kier molecular flexibility index (Phi) is 7.84. The fourth-order valence-corrected chi connectivity index (χ4v) is 2.08. The molecule has 0 saturated heterocycles. The molecule has 0 spiro atoms. The van der Waals surface area contributed by atoms with E-state index >= 15 is 0 Å². The van der Waals surface area contributed by atoms with E-state index in [0.717, 1.165) is 19.3 Å². The van der Waals surface area contributed by atoms with Crippen molar-refractivity contribution in [2.45, 2.75) is 19.3 Å². The van der Waals surface area contributed by atoms with Crippen LogP contribution in [-0.2, 0) is 0 Å². The molecule has 1 aromatic rings. The van der Waals surface area contributed by atoms with E-state index in [0.29, 0.717) is 22.7 Å². The van der Waals surface area contributed by atoms with Gasteiger partial charge in [-0.05, 0) is 37.5 Å². The van der Waals surface area contributed by atoms with Crippen LogP contribution in [-0.4, -0.2) is 42.7 Å². The number of hydrogen-bond donors (Lipinski definition) is 2. The van der Waals surface area contributed by atoms with Gasteiger partial charge in [0.05, 0.1) is 11.6 Å². The summed E-state index contributed by atoms with van der Waals surface area (Å²) in [5, 5.41) is 9.18. The molecule has 0 aliphatic carbocycles. The summed E-state index contributed by atoms with van der Waals surface area (Å²) in [5.74, 6) is 5.52. The molecule has 0 bridgehead atoms. The summed E-state index contributed by atoms with van der Waals surface area (Å²) in [7, 11) is 1.76. The van der Waals surface area contributed by atoms with Crippen LogP contribution >= 0.6 is 11.6 Å². The first-order valence-electron chi connectivity index (χ1n) is 6.95. The van der Waals surface area contributed by atoms with Gasteiger partial charge in [-0.1, -0.05) is 23.4 Å². The summed E-state index contributed by atoms with van der Waals surface area (Å²) in [4.78, 5) is 13.9. The highest BCUT2D eigenvalue weighted by atomic mass is 35.5. The number of nitrogens with two attached hydrogens (primary N) is 1. The van der Waals surface area contributed by atoms with Gasteiger partial charge < -0.3 is 15.7 Å². The third kappa shape index (κ3) is 5.76. The Morgan fingerprint density at radius 1 is 1.38 bits per heavy atom. The zero-order chi connectivity index (χ0) is 15.7. The van der Waals surface area contributed by atoms with Gasteiger partial charge in [0.2, 0.25) is 0 Å². The lowest BCUT2D eigenvalue weighted by Crippen LogP contribution is -2.27. The van der Waals surface area contributed by atoms with E-state index in [1.54, 1.807) is 30.1 Å². The maximum absolute atomic E-state index is 12.2. The van der Waals surface area contributed by atoms with Gasteiger partial charge in [0.1, 0.15) is 0 Å². The van der Waals surface area contributed by atoms with Crippen molar-refractivity contribution >= 4 is 17.5 Å². The van der Waals surface area contributed by atoms with E-state index in [1.807, 2.05) is 0 Å². The Labute approximate surface area is 130 Å². The number of halogens is 1. The minimum absolute atomic E-state index is 0.0702. The number of amides is 1. The molecule has 21 heavy (non-hydrogen) atoms. The average molecular weight is 309 g/mol. The number of aliphatic hydroxyl groups is 1. The highest BCUT2D eigenvalue weighted by Crippen LogP contribution is 2.18. The normalized spacial score (nSPS) is 9.90. The Bertz CT molecular complexity index is 535. The summed E-state index contributed by atoms with van der Waals surface area (Å²) in [5.41, 5.74) is 6.53. The van der Waals surface area contributed by atoms with E-state index in [-0.39, 0.29) is 19.1 Å². The molecule has 0 unspecified atom stereocenters. The molecule has 0 fully saturated rings. The number of carbonyl (C=O) groups excluding carboxylic acids is 1. The molecular weight excluding hydrogens is 288 g/mol. The van der Waals surface area contributed by atoms with Crippen LogP contribution in [0.5, 0.6) is 0 Å². The van der Waals surface area contributed by atoms with Gasteiger partial charge in [-0.15, -0.1) is 0 Å². The second-order valence-corrected chi connectivity index (χ2v) is 5.12. The number of carbonyl (C=O) groups is 1.